The molecule has 0 aromatic heterocycles. The van der Waals surface area contributed by atoms with Crippen LogP contribution in [0.15, 0.2) is 37.5 Å². The molecule has 0 bridgehead atoms. The van der Waals surface area contributed by atoms with Gasteiger partial charge in [-0.05, 0) is 27.2 Å². The van der Waals surface area contributed by atoms with E-state index in [0.717, 1.165) is 18.9 Å². The van der Waals surface area contributed by atoms with Crippen molar-refractivity contribution < 1.29 is 28.6 Å². The van der Waals surface area contributed by atoms with E-state index in [4.69, 9.17) is 0 Å². The van der Waals surface area contributed by atoms with Gasteiger partial charge in [0.05, 0.1) is 19.8 Å². The third-order valence-corrected chi connectivity index (χ3v) is 1.99. The molecule has 0 amide bonds. The molecule has 0 aliphatic heterocycles. The number of carbonyl (C=O) groups excluding carboxylic acids is 3. The Bertz CT molecular complexity index is 398. The van der Waals surface area contributed by atoms with Crippen molar-refractivity contribution in [2.45, 2.75) is 40.5 Å². The highest BCUT2D eigenvalue weighted by atomic mass is 16.5. The Labute approximate surface area is 145 Å². The number of esters is 3. The van der Waals surface area contributed by atoms with Gasteiger partial charge in [0.15, 0.2) is 0 Å². The van der Waals surface area contributed by atoms with Crippen LogP contribution in [0.5, 0.6) is 0 Å². The van der Waals surface area contributed by atoms with Gasteiger partial charge < -0.3 is 14.2 Å². The SMILES string of the molecule is C=C(C)C(=O)OCC.C=CC(=O)OCC.C=CC(=O)OCCCC. The van der Waals surface area contributed by atoms with Crippen LogP contribution in [-0.4, -0.2) is 37.7 Å². The summed E-state index contributed by atoms with van der Waals surface area (Å²) in [5, 5.41) is 0. The Morgan fingerprint density at radius 2 is 1.33 bits per heavy atom. The summed E-state index contributed by atoms with van der Waals surface area (Å²) in [6.45, 7) is 18.4. The smallest absolute Gasteiger partial charge is 0.333 e. The fourth-order valence-electron chi connectivity index (χ4n) is 0.832. The molecular formula is C18H30O6. The molecule has 0 aliphatic rings. The van der Waals surface area contributed by atoms with Gasteiger partial charge in [0, 0.05) is 17.7 Å². The fourth-order valence-corrected chi connectivity index (χ4v) is 0.832. The molecule has 24 heavy (non-hydrogen) atoms. The summed E-state index contributed by atoms with van der Waals surface area (Å²) in [6, 6.07) is 0. The standard InChI is InChI=1S/C7H12O2.C6H10O2.C5H8O2/c1-3-5-6-9-7(8)4-2;1-4-8-6(7)5(2)3;1-3-5(6)7-4-2/h4H,2-3,5-6H2,1H3;2,4H2,1,3H3;3H,1,4H2,2H3. The summed E-state index contributed by atoms with van der Waals surface area (Å²) in [7, 11) is 0. The van der Waals surface area contributed by atoms with E-state index in [9.17, 15) is 14.4 Å². The number of hydrogen-bond acceptors (Lipinski definition) is 6. The lowest BCUT2D eigenvalue weighted by molar-refractivity contribution is -0.139. The second kappa shape index (κ2) is 20.6. The minimum Gasteiger partial charge on any atom is -0.463 e. The highest BCUT2D eigenvalue weighted by molar-refractivity contribution is 5.86. The highest BCUT2D eigenvalue weighted by Gasteiger charge is 1.98. The maximum atomic E-state index is 10.4. The van der Waals surface area contributed by atoms with Crippen LogP contribution in [0.25, 0.3) is 0 Å². The second-order valence-corrected chi connectivity index (χ2v) is 4.18. The molecule has 0 aliphatic carbocycles. The molecule has 0 aromatic rings. The highest BCUT2D eigenvalue weighted by Crippen LogP contribution is 1.89. The number of ether oxygens (including phenoxy) is 3. The largest absolute Gasteiger partial charge is 0.463 e. The summed E-state index contributed by atoms with van der Waals surface area (Å²) >= 11 is 0. The third kappa shape index (κ3) is 24.6. The van der Waals surface area contributed by atoms with Crippen LogP contribution in [0.1, 0.15) is 40.5 Å². The lowest BCUT2D eigenvalue weighted by Crippen LogP contribution is -2.03. The maximum absolute atomic E-state index is 10.4. The van der Waals surface area contributed by atoms with Crippen LogP contribution >= 0.6 is 0 Å². The molecule has 0 rings (SSSR count). The average Bonchev–Trinajstić information content (AvgIpc) is 2.56. The van der Waals surface area contributed by atoms with Crippen LogP contribution in [0, 0.1) is 0 Å². The van der Waals surface area contributed by atoms with Gasteiger partial charge in [0.1, 0.15) is 0 Å². The van der Waals surface area contributed by atoms with Gasteiger partial charge in [-0.15, -0.1) is 0 Å². The fraction of sp³-hybridized carbons (Fsp3) is 0.500. The average molecular weight is 342 g/mol. The van der Waals surface area contributed by atoms with Crippen molar-refractivity contribution in [3.05, 3.63) is 37.5 Å². The molecular weight excluding hydrogens is 312 g/mol. The van der Waals surface area contributed by atoms with Crippen molar-refractivity contribution in [3.8, 4) is 0 Å². The van der Waals surface area contributed by atoms with Crippen molar-refractivity contribution in [3.63, 3.8) is 0 Å². The molecule has 0 fully saturated rings. The van der Waals surface area contributed by atoms with Crippen LogP contribution in [-0.2, 0) is 28.6 Å². The van der Waals surface area contributed by atoms with Crippen LogP contribution < -0.4 is 0 Å². The van der Waals surface area contributed by atoms with Gasteiger partial charge in [-0.25, -0.2) is 14.4 Å². The number of unbranched alkanes of at least 4 members (excludes halogenated alkanes) is 1. The molecule has 6 nitrogen and oxygen atoms in total. The summed E-state index contributed by atoms with van der Waals surface area (Å²) < 4.78 is 13.7. The van der Waals surface area contributed by atoms with Crippen molar-refractivity contribution in [2.75, 3.05) is 19.8 Å². The minimum absolute atomic E-state index is 0.312. The molecule has 0 unspecified atom stereocenters. The van der Waals surface area contributed by atoms with Crippen molar-refractivity contribution in [1.29, 1.82) is 0 Å². The Morgan fingerprint density at radius 1 is 0.875 bits per heavy atom. The molecule has 0 spiro atoms. The summed E-state index contributed by atoms with van der Waals surface area (Å²) in [4.78, 5) is 30.8. The number of hydrogen-bond donors (Lipinski definition) is 0. The molecule has 138 valence electrons. The van der Waals surface area contributed by atoms with E-state index >= 15 is 0 Å². The van der Waals surface area contributed by atoms with E-state index < -0.39 is 0 Å². The van der Waals surface area contributed by atoms with Crippen molar-refractivity contribution in [1.82, 2.24) is 0 Å². The second-order valence-electron chi connectivity index (χ2n) is 4.18. The lowest BCUT2D eigenvalue weighted by Gasteiger charge is -1.97. The molecule has 0 saturated carbocycles. The van der Waals surface area contributed by atoms with Gasteiger partial charge in [0.25, 0.3) is 0 Å². The predicted octanol–water partition coefficient (Wildman–Crippen LogP) is 3.38. The van der Waals surface area contributed by atoms with Gasteiger partial charge in [-0.3, -0.25) is 0 Å². The Hall–Kier alpha value is -2.37. The first-order valence-electron chi connectivity index (χ1n) is 7.71. The van der Waals surface area contributed by atoms with Crippen LogP contribution in [0.4, 0.5) is 0 Å². The first kappa shape index (κ1) is 26.5. The molecule has 0 heterocycles. The molecule has 6 heteroatoms. The zero-order valence-corrected chi connectivity index (χ0v) is 15.3. The van der Waals surface area contributed by atoms with E-state index in [0.29, 0.717) is 25.4 Å². The molecule has 0 atom stereocenters. The van der Waals surface area contributed by atoms with E-state index in [-0.39, 0.29) is 17.9 Å². The molecule has 0 aromatic carbocycles. The van der Waals surface area contributed by atoms with E-state index in [1.165, 1.54) is 6.08 Å². The first-order valence-corrected chi connectivity index (χ1v) is 7.71. The number of rotatable bonds is 8. The zero-order valence-electron chi connectivity index (χ0n) is 15.3. The Balaban J connectivity index is -0.000000278. The topological polar surface area (TPSA) is 78.9 Å². The summed E-state index contributed by atoms with van der Waals surface area (Å²) in [5.41, 5.74) is 0.451. The lowest BCUT2D eigenvalue weighted by atomic mass is 10.4. The van der Waals surface area contributed by atoms with Gasteiger partial charge in [-0.2, -0.15) is 0 Å². The number of carbonyl (C=O) groups is 3. The summed E-state index contributed by atoms with van der Waals surface area (Å²) in [6.07, 6.45) is 4.29. The van der Waals surface area contributed by atoms with E-state index in [1.807, 2.05) is 6.92 Å². The van der Waals surface area contributed by atoms with Crippen LogP contribution in [0.2, 0.25) is 0 Å². The Kier molecular flexibility index (Phi) is 22.8. The van der Waals surface area contributed by atoms with E-state index in [2.05, 4.69) is 33.9 Å². The third-order valence-electron chi connectivity index (χ3n) is 1.99. The molecule has 0 saturated heterocycles. The maximum Gasteiger partial charge on any atom is 0.333 e. The Morgan fingerprint density at radius 3 is 1.58 bits per heavy atom. The van der Waals surface area contributed by atoms with Crippen molar-refractivity contribution in [2.24, 2.45) is 0 Å². The van der Waals surface area contributed by atoms with Gasteiger partial charge in [0.2, 0.25) is 0 Å². The van der Waals surface area contributed by atoms with Gasteiger partial charge in [-0.1, -0.05) is 33.1 Å². The van der Waals surface area contributed by atoms with E-state index in [1.54, 1.807) is 20.8 Å². The predicted molar refractivity (Wildman–Crippen MR) is 94.3 cm³/mol. The monoisotopic (exact) mass is 342 g/mol. The van der Waals surface area contributed by atoms with Crippen LogP contribution in [0.3, 0.4) is 0 Å². The first-order chi connectivity index (χ1) is 11.3. The van der Waals surface area contributed by atoms with Gasteiger partial charge >= 0.3 is 17.9 Å². The van der Waals surface area contributed by atoms with Crippen molar-refractivity contribution >= 4 is 17.9 Å². The zero-order chi connectivity index (χ0) is 19.4. The normalized spacial score (nSPS) is 8.17. The summed E-state index contributed by atoms with van der Waals surface area (Å²) in [5.74, 6) is -1.00. The molecule has 0 radical (unpaired) electrons. The minimum atomic E-state index is -0.359. The molecule has 0 N–H and O–H groups in total. The quantitative estimate of drug-likeness (QED) is 0.291.